The summed E-state index contributed by atoms with van der Waals surface area (Å²) in [6.45, 7) is 3.03. The van der Waals surface area contributed by atoms with Crippen LogP contribution in [0.4, 0.5) is 33.1 Å². The molecule has 30 heavy (non-hydrogen) atoms. The maximum Gasteiger partial charge on any atom is 0.311 e. The average Bonchev–Trinajstić information content (AvgIpc) is 2.77. The Morgan fingerprint density at radius 2 is 1.97 bits per heavy atom. The summed E-state index contributed by atoms with van der Waals surface area (Å²) in [5.41, 5.74) is 2.38. The minimum absolute atomic E-state index is 0.126. The van der Waals surface area contributed by atoms with E-state index < -0.39 is 11.6 Å². The summed E-state index contributed by atoms with van der Waals surface area (Å²) in [5, 5.41) is 17.6. The highest BCUT2D eigenvalue weighted by atomic mass is 19.1. The summed E-state index contributed by atoms with van der Waals surface area (Å²) < 4.78 is 12.7. The van der Waals surface area contributed by atoms with Gasteiger partial charge in [0, 0.05) is 49.5 Å². The van der Waals surface area contributed by atoms with Gasteiger partial charge in [-0.05, 0) is 48.9 Å². The summed E-state index contributed by atoms with van der Waals surface area (Å²) in [5.74, 6) is 0.642. The van der Waals surface area contributed by atoms with Crippen molar-refractivity contribution < 1.29 is 9.31 Å². The Morgan fingerprint density at radius 1 is 1.17 bits per heavy atom. The van der Waals surface area contributed by atoms with Crippen LogP contribution in [0.2, 0.25) is 0 Å². The van der Waals surface area contributed by atoms with Crippen LogP contribution in [0.1, 0.15) is 12.5 Å². The zero-order valence-electron chi connectivity index (χ0n) is 16.6. The van der Waals surface area contributed by atoms with Crippen LogP contribution in [0.25, 0.3) is 0 Å². The fourth-order valence-corrected chi connectivity index (χ4v) is 2.95. The molecule has 0 spiro atoms. The minimum atomic E-state index is -0.478. The molecule has 0 aliphatic carbocycles. The van der Waals surface area contributed by atoms with Crippen molar-refractivity contribution in [2.75, 3.05) is 35.3 Å². The maximum atomic E-state index is 12.7. The van der Waals surface area contributed by atoms with E-state index in [1.54, 1.807) is 30.6 Å². The van der Waals surface area contributed by atoms with Crippen LogP contribution in [-0.4, -0.2) is 34.7 Å². The van der Waals surface area contributed by atoms with Crippen molar-refractivity contribution in [1.29, 1.82) is 0 Å². The SMILES string of the molecule is CCN(CCF)c1ccc(Nc2nc(NCc3cccnc3)ccc2[N+](=O)[O-])cc1. The van der Waals surface area contributed by atoms with Crippen LogP contribution in [0.3, 0.4) is 0 Å². The molecular formula is C21H23FN6O2. The molecular weight excluding hydrogens is 387 g/mol. The van der Waals surface area contributed by atoms with Gasteiger partial charge in [0.1, 0.15) is 12.5 Å². The highest BCUT2D eigenvalue weighted by Gasteiger charge is 2.16. The fraction of sp³-hybridized carbons (Fsp3) is 0.238. The van der Waals surface area contributed by atoms with Gasteiger partial charge in [-0.2, -0.15) is 0 Å². The molecule has 9 heteroatoms. The van der Waals surface area contributed by atoms with Gasteiger partial charge in [0.15, 0.2) is 0 Å². The zero-order chi connectivity index (χ0) is 21.3. The van der Waals surface area contributed by atoms with E-state index in [0.717, 1.165) is 11.3 Å². The average molecular weight is 410 g/mol. The molecule has 2 aromatic heterocycles. The number of anilines is 4. The molecule has 2 N–H and O–H groups in total. The summed E-state index contributed by atoms with van der Waals surface area (Å²) in [6.07, 6.45) is 3.43. The van der Waals surface area contributed by atoms with Crippen LogP contribution in [0.5, 0.6) is 0 Å². The summed E-state index contributed by atoms with van der Waals surface area (Å²) >= 11 is 0. The first-order valence-electron chi connectivity index (χ1n) is 9.57. The van der Waals surface area contributed by atoms with Crippen molar-refractivity contribution in [2.45, 2.75) is 13.5 Å². The lowest BCUT2D eigenvalue weighted by Crippen LogP contribution is -2.24. The molecule has 1 aromatic carbocycles. The van der Waals surface area contributed by atoms with Crippen LogP contribution < -0.4 is 15.5 Å². The van der Waals surface area contributed by atoms with Crippen molar-refractivity contribution in [3.8, 4) is 0 Å². The third-order valence-electron chi connectivity index (χ3n) is 4.50. The number of nitrogens with zero attached hydrogens (tertiary/aromatic N) is 4. The third kappa shape index (κ3) is 5.40. The van der Waals surface area contributed by atoms with Gasteiger partial charge in [-0.25, -0.2) is 9.37 Å². The first kappa shape index (κ1) is 21.0. The van der Waals surface area contributed by atoms with E-state index in [2.05, 4.69) is 20.6 Å². The first-order chi connectivity index (χ1) is 14.6. The lowest BCUT2D eigenvalue weighted by Gasteiger charge is -2.21. The molecule has 0 amide bonds. The topological polar surface area (TPSA) is 96.2 Å². The van der Waals surface area contributed by atoms with Crippen LogP contribution in [-0.2, 0) is 6.54 Å². The molecule has 0 saturated heterocycles. The van der Waals surface area contributed by atoms with Gasteiger partial charge in [0.05, 0.1) is 4.92 Å². The predicted octanol–water partition coefficient (Wildman–Crippen LogP) is 4.54. The second-order valence-corrected chi connectivity index (χ2v) is 6.48. The van der Waals surface area contributed by atoms with E-state index in [9.17, 15) is 14.5 Å². The number of nitro groups is 1. The fourth-order valence-electron chi connectivity index (χ4n) is 2.95. The van der Waals surface area contributed by atoms with E-state index >= 15 is 0 Å². The molecule has 0 saturated carbocycles. The molecule has 3 rings (SSSR count). The third-order valence-corrected chi connectivity index (χ3v) is 4.50. The number of pyridine rings is 2. The molecule has 0 aliphatic heterocycles. The molecule has 0 aliphatic rings. The standard InChI is InChI=1S/C21H23FN6O2/c1-2-27(13-11-22)18-7-5-17(6-8-18)25-21-19(28(29)30)9-10-20(26-21)24-15-16-4-3-12-23-14-16/h3-10,12,14H,2,11,13,15H2,1H3,(H2,24,25,26). The van der Waals surface area contributed by atoms with Crippen LogP contribution >= 0.6 is 0 Å². The Balaban J connectivity index is 1.77. The molecule has 0 radical (unpaired) electrons. The first-order valence-corrected chi connectivity index (χ1v) is 9.57. The predicted molar refractivity (Wildman–Crippen MR) is 116 cm³/mol. The van der Waals surface area contributed by atoms with Crippen LogP contribution in [0.15, 0.2) is 60.9 Å². The van der Waals surface area contributed by atoms with Crippen molar-refractivity contribution in [3.05, 3.63) is 76.6 Å². The molecule has 8 nitrogen and oxygen atoms in total. The molecule has 0 fully saturated rings. The monoisotopic (exact) mass is 410 g/mol. The van der Waals surface area contributed by atoms with Gasteiger partial charge in [-0.1, -0.05) is 6.07 Å². The number of aromatic nitrogens is 2. The van der Waals surface area contributed by atoms with E-state index in [1.165, 1.54) is 6.07 Å². The summed E-state index contributed by atoms with van der Waals surface area (Å²) in [6, 6.07) is 14.0. The molecule has 2 heterocycles. The summed E-state index contributed by atoms with van der Waals surface area (Å²) in [4.78, 5) is 21.3. The lowest BCUT2D eigenvalue weighted by atomic mass is 10.2. The van der Waals surface area contributed by atoms with Crippen molar-refractivity contribution in [3.63, 3.8) is 0 Å². The van der Waals surface area contributed by atoms with E-state index in [4.69, 9.17) is 0 Å². The van der Waals surface area contributed by atoms with Gasteiger partial charge in [-0.15, -0.1) is 0 Å². The Labute approximate surface area is 173 Å². The number of halogens is 1. The number of rotatable bonds is 10. The Bertz CT molecular complexity index is 969. The number of nitrogens with one attached hydrogen (secondary N) is 2. The number of hydrogen-bond acceptors (Lipinski definition) is 7. The molecule has 3 aromatic rings. The molecule has 0 unspecified atom stereocenters. The number of benzene rings is 1. The maximum absolute atomic E-state index is 12.7. The van der Waals surface area contributed by atoms with Gasteiger partial charge >= 0.3 is 5.69 Å². The molecule has 0 bridgehead atoms. The van der Waals surface area contributed by atoms with Crippen molar-refractivity contribution in [2.24, 2.45) is 0 Å². The smallest absolute Gasteiger partial charge is 0.311 e. The van der Waals surface area contributed by atoms with Gasteiger partial charge in [0.2, 0.25) is 5.82 Å². The Morgan fingerprint density at radius 3 is 2.60 bits per heavy atom. The van der Waals surface area contributed by atoms with Gasteiger partial charge < -0.3 is 15.5 Å². The van der Waals surface area contributed by atoms with E-state index in [-0.39, 0.29) is 11.5 Å². The second kappa shape index (κ2) is 10.1. The minimum Gasteiger partial charge on any atom is -0.369 e. The van der Waals surface area contributed by atoms with Crippen molar-refractivity contribution >= 4 is 28.7 Å². The highest BCUT2D eigenvalue weighted by molar-refractivity contribution is 5.69. The Kier molecular flexibility index (Phi) is 7.09. The largest absolute Gasteiger partial charge is 0.369 e. The van der Waals surface area contributed by atoms with Crippen LogP contribution in [0, 0.1) is 10.1 Å². The zero-order valence-corrected chi connectivity index (χ0v) is 16.6. The normalized spacial score (nSPS) is 10.5. The Hall–Kier alpha value is -3.75. The summed E-state index contributed by atoms with van der Waals surface area (Å²) in [7, 11) is 0. The van der Waals surface area contributed by atoms with Gasteiger partial charge in [-0.3, -0.25) is 15.1 Å². The number of hydrogen-bond donors (Lipinski definition) is 2. The number of alkyl halides is 1. The van der Waals surface area contributed by atoms with Gasteiger partial charge in [0.25, 0.3) is 0 Å². The lowest BCUT2D eigenvalue weighted by molar-refractivity contribution is -0.384. The molecule has 0 atom stereocenters. The molecule has 156 valence electrons. The highest BCUT2D eigenvalue weighted by Crippen LogP contribution is 2.28. The van der Waals surface area contributed by atoms with E-state index in [1.807, 2.05) is 36.1 Å². The van der Waals surface area contributed by atoms with Crippen molar-refractivity contribution in [1.82, 2.24) is 9.97 Å². The van der Waals surface area contributed by atoms with E-state index in [0.29, 0.717) is 31.1 Å². The quantitative estimate of drug-likeness (QED) is 0.374. The second-order valence-electron chi connectivity index (χ2n) is 6.48.